The maximum absolute atomic E-state index is 11.7. The van der Waals surface area contributed by atoms with Crippen LogP contribution in [0.5, 0.6) is 5.88 Å². The molecule has 0 saturated heterocycles. The lowest BCUT2D eigenvalue weighted by Gasteiger charge is -2.00. The first kappa shape index (κ1) is 11.6. The zero-order chi connectivity index (χ0) is 13.4. The van der Waals surface area contributed by atoms with Crippen molar-refractivity contribution in [3.05, 3.63) is 55.1 Å². The van der Waals surface area contributed by atoms with Crippen molar-refractivity contribution in [3.63, 3.8) is 0 Å². The van der Waals surface area contributed by atoms with Crippen LogP contribution in [0.2, 0.25) is 0 Å². The van der Waals surface area contributed by atoms with E-state index < -0.39 is 0 Å². The molecule has 0 fully saturated rings. The maximum atomic E-state index is 11.7. The summed E-state index contributed by atoms with van der Waals surface area (Å²) in [4.78, 5) is 29.3. The van der Waals surface area contributed by atoms with Gasteiger partial charge >= 0.3 is 4.87 Å². The zero-order valence-electron chi connectivity index (χ0n) is 9.58. The smallest absolute Gasteiger partial charge is 0.307 e. The molecule has 5 nitrogen and oxygen atoms in total. The van der Waals surface area contributed by atoms with Gasteiger partial charge in [-0.2, -0.15) is 0 Å². The van der Waals surface area contributed by atoms with Gasteiger partial charge in [0, 0.05) is 5.22 Å². The molecule has 1 aliphatic rings. The number of aromatic amines is 1. The summed E-state index contributed by atoms with van der Waals surface area (Å²) in [6.07, 6.45) is 6.49. The first-order chi connectivity index (χ1) is 9.13. The monoisotopic (exact) mass is 272 g/mol. The zero-order valence-corrected chi connectivity index (χ0v) is 10.4. The third kappa shape index (κ3) is 2.13. The number of hydrogen-bond acceptors (Lipinski definition) is 5. The van der Waals surface area contributed by atoms with Crippen molar-refractivity contribution < 1.29 is 9.90 Å². The number of rotatable bonds is 1. The van der Waals surface area contributed by atoms with Crippen molar-refractivity contribution in [2.45, 2.75) is 0 Å². The summed E-state index contributed by atoms with van der Waals surface area (Å²) >= 11 is 0.884. The molecule has 0 atom stereocenters. The van der Waals surface area contributed by atoms with Crippen molar-refractivity contribution in [2.75, 3.05) is 0 Å². The number of hydrogen-bond donors (Lipinski definition) is 2. The molecule has 0 saturated carbocycles. The van der Waals surface area contributed by atoms with E-state index in [1.807, 2.05) is 0 Å². The molecule has 0 aromatic carbocycles. The molecule has 2 heterocycles. The lowest BCUT2D eigenvalue weighted by atomic mass is 10.1. The topological polar surface area (TPSA) is 83.0 Å². The average molecular weight is 272 g/mol. The van der Waals surface area contributed by atoms with Gasteiger partial charge in [0.2, 0.25) is 11.7 Å². The third-order valence-electron chi connectivity index (χ3n) is 2.64. The van der Waals surface area contributed by atoms with Crippen LogP contribution in [-0.4, -0.2) is 20.9 Å². The van der Waals surface area contributed by atoms with Crippen molar-refractivity contribution in [1.29, 1.82) is 0 Å². The van der Waals surface area contributed by atoms with Gasteiger partial charge in [-0.15, -0.1) is 0 Å². The van der Waals surface area contributed by atoms with Gasteiger partial charge in [0.1, 0.15) is 5.69 Å². The van der Waals surface area contributed by atoms with Crippen LogP contribution in [0.3, 0.4) is 0 Å². The van der Waals surface area contributed by atoms with E-state index in [9.17, 15) is 14.7 Å². The Morgan fingerprint density at radius 3 is 2.89 bits per heavy atom. The number of carbonyl (C=O) groups is 1. The quantitative estimate of drug-likeness (QED) is 0.759. The van der Waals surface area contributed by atoms with Crippen LogP contribution in [0.25, 0.3) is 12.2 Å². The Balaban J connectivity index is 2.19. The number of pyridine rings is 1. The summed E-state index contributed by atoms with van der Waals surface area (Å²) < 4.78 is 0. The minimum atomic E-state index is -0.339. The van der Waals surface area contributed by atoms with Gasteiger partial charge in [0.25, 0.3) is 0 Å². The summed E-state index contributed by atoms with van der Waals surface area (Å²) in [5.74, 6) is -0.341. The Morgan fingerprint density at radius 2 is 2.16 bits per heavy atom. The highest BCUT2D eigenvalue weighted by Crippen LogP contribution is 2.15. The van der Waals surface area contributed by atoms with Crippen molar-refractivity contribution in [2.24, 2.45) is 0 Å². The summed E-state index contributed by atoms with van der Waals surface area (Å²) in [7, 11) is 0. The SMILES string of the molecule is O=C1C=CC=c2cc/c(=C\c3sc(=O)[nH]c3O)nc21. The molecule has 2 aromatic heterocycles. The molecule has 1 aliphatic carbocycles. The Morgan fingerprint density at radius 1 is 1.32 bits per heavy atom. The molecule has 2 N–H and O–H groups in total. The number of carbonyl (C=O) groups excluding carboxylic acids is 1. The Labute approximate surface area is 110 Å². The lowest BCUT2D eigenvalue weighted by Crippen LogP contribution is -2.24. The van der Waals surface area contributed by atoms with Crippen molar-refractivity contribution >= 4 is 29.3 Å². The summed E-state index contributed by atoms with van der Waals surface area (Å²) in [6, 6.07) is 3.51. The van der Waals surface area contributed by atoms with Crippen LogP contribution in [0, 0.1) is 0 Å². The van der Waals surface area contributed by atoms with E-state index in [4.69, 9.17) is 0 Å². The highest BCUT2D eigenvalue weighted by Gasteiger charge is 2.09. The predicted octanol–water partition coefficient (Wildman–Crippen LogP) is -0.101. The number of thiazole rings is 1. The average Bonchev–Trinajstić information content (AvgIpc) is 2.69. The summed E-state index contributed by atoms with van der Waals surface area (Å²) in [6.45, 7) is 0. The predicted molar refractivity (Wildman–Crippen MR) is 71.6 cm³/mol. The van der Waals surface area contributed by atoms with E-state index in [0.717, 1.165) is 16.6 Å². The fourth-order valence-corrected chi connectivity index (χ4v) is 2.45. The third-order valence-corrected chi connectivity index (χ3v) is 3.46. The molecule has 6 heteroatoms. The van der Waals surface area contributed by atoms with Crippen LogP contribution >= 0.6 is 11.3 Å². The van der Waals surface area contributed by atoms with E-state index in [1.54, 1.807) is 30.4 Å². The molecule has 2 aromatic rings. The summed E-state index contributed by atoms with van der Waals surface area (Å²) in [5, 5.41) is 10.8. The van der Waals surface area contributed by atoms with E-state index in [2.05, 4.69) is 9.97 Å². The second kappa shape index (κ2) is 4.33. The lowest BCUT2D eigenvalue weighted by molar-refractivity contribution is 0.104. The van der Waals surface area contributed by atoms with Crippen LogP contribution in [0.4, 0.5) is 0 Å². The number of allylic oxidation sites excluding steroid dienone is 2. The van der Waals surface area contributed by atoms with E-state index >= 15 is 0 Å². The van der Waals surface area contributed by atoms with Crippen LogP contribution in [0.15, 0.2) is 29.1 Å². The molecular weight excluding hydrogens is 264 g/mol. The number of nitrogens with one attached hydrogen (secondary N) is 1. The Hall–Kier alpha value is -2.47. The number of nitrogens with zero attached hydrogens (tertiary/aromatic N) is 1. The highest BCUT2D eigenvalue weighted by atomic mass is 32.1. The number of ketones is 1. The van der Waals surface area contributed by atoms with Gasteiger partial charge in [-0.3, -0.25) is 14.6 Å². The minimum absolute atomic E-state index is 0.153. The molecule has 0 spiro atoms. The van der Waals surface area contributed by atoms with Crippen LogP contribution in [0.1, 0.15) is 15.4 Å². The van der Waals surface area contributed by atoms with Crippen LogP contribution < -0.4 is 15.4 Å². The molecule has 19 heavy (non-hydrogen) atoms. The maximum Gasteiger partial charge on any atom is 0.307 e. The fourth-order valence-electron chi connectivity index (χ4n) is 1.78. The van der Waals surface area contributed by atoms with E-state index in [0.29, 0.717) is 15.9 Å². The largest absolute Gasteiger partial charge is 0.493 e. The van der Waals surface area contributed by atoms with Gasteiger partial charge in [-0.05, 0) is 18.2 Å². The molecule has 0 unspecified atom stereocenters. The van der Waals surface area contributed by atoms with E-state index in [-0.39, 0.29) is 16.5 Å². The van der Waals surface area contributed by atoms with Gasteiger partial charge in [0.15, 0.2) is 0 Å². The molecular formula is C13H8N2O3S. The Bertz CT molecular complexity index is 874. The number of fused-ring (bicyclic) bond motifs is 1. The van der Waals surface area contributed by atoms with Crippen molar-refractivity contribution in [3.8, 4) is 5.88 Å². The molecule has 0 aliphatic heterocycles. The first-order valence-electron chi connectivity index (χ1n) is 5.47. The highest BCUT2D eigenvalue weighted by molar-refractivity contribution is 7.10. The molecule has 3 rings (SSSR count). The van der Waals surface area contributed by atoms with E-state index in [1.165, 1.54) is 6.08 Å². The first-order valence-corrected chi connectivity index (χ1v) is 6.29. The van der Waals surface area contributed by atoms with Gasteiger partial charge in [-0.1, -0.05) is 29.6 Å². The second-order valence-corrected chi connectivity index (χ2v) is 4.95. The molecule has 0 bridgehead atoms. The van der Waals surface area contributed by atoms with Gasteiger partial charge in [0.05, 0.1) is 10.2 Å². The van der Waals surface area contributed by atoms with Gasteiger partial charge in [-0.25, -0.2) is 4.98 Å². The molecule has 0 amide bonds. The summed E-state index contributed by atoms with van der Waals surface area (Å²) in [5.41, 5.74) is 0.374. The molecule has 94 valence electrons. The molecule has 0 radical (unpaired) electrons. The van der Waals surface area contributed by atoms with Crippen molar-refractivity contribution in [1.82, 2.24) is 9.97 Å². The number of aromatic nitrogens is 2. The fraction of sp³-hybridized carbons (Fsp3) is 0. The Kier molecular flexibility index (Phi) is 2.64. The minimum Gasteiger partial charge on any atom is -0.493 e. The number of aromatic hydroxyl groups is 1. The number of H-pyrrole nitrogens is 1. The van der Waals surface area contributed by atoms with Crippen LogP contribution in [-0.2, 0) is 0 Å². The van der Waals surface area contributed by atoms with Gasteiger partial charge < -0.3 is 5.11 Å². The normalized spacial score (nSPS) is 14.3. The standard InChI is InChI=1S/C13H8N2O3S/c16-9-3-1-2-7-4-5-8(14-11(7)9)6-10-12(17)15-13(18)19-10/h1-6,17H,(H,15,18)/b8-6+. The second-order valence-electron chi connectivity index (χ2n) is 3.94.